The van der Waals surface area contributed by atoms with Crippen molar-refractivity contribution in [3.8, 4) is 0 Å². The molecule has 0 N–H and O–H groups in total. The summed E-state index contributed by atoms with van der Waals surface area (Å²) in [5.41, 5.74) is 0.727. The Kier molecular flexibility index (Phi) is 4.05. The highest BCUT2D eigenvalue weighted by atomic mass is 79.9. The molecule has 1 fully saturated rings. The van der Waals surface area contributed by atoms with Crippen LogP contribution in [0.3, 0.4) is 0 Å². The van der Waals surface area contributed by atoms with Crippen molar-refractivity contribution in [3.63, 3.8) is 0 Å². The van der Waals surface area contributed by atoms with Gasteiger partial charge in [0.1, 0.15) is 5.82 Å². The smallest absolute Gasteiger partial charge is 0.147 e. The van der Waals surface area contributed by atoms with Crippen molar-refractivity contribution in [2.45, 2.75) is 18.9 Å². The van der Waals surface area contributed by atoms with E-state index in [1.165, 1.54) is 6.07 Å². The molecule has 1 saturated heterocycles. The van der Waals surface area contributed by atoms with Crippen LogP contribution in [-0.2, 0) is 0 Å². The highest BCUT2D eigenvalue weighted by Gasteiger charge is 2.22. The topological polar surface area (TPSA) is 6.48 Å². The average Bonchev–Trinajstić information content (AvgIpc) is 2.29. The second kappa shape index (κ2) is 5.36. The molecule has 0 saturated carbocycles. The highest BCUT2D eigenvalue weighted by molar-refractivity contribution is 9.10. The first-order chi connectivity index (χ1) is 8.08. The fraction of sp³-hybridized carbons (Fsp3) is 0.538. The van der Waals surface area contributed by atoms with Crippen LogP contribution in [-0.4, -0.2) is 38.1 Å². The van der Waals surface area contributed by atoms with E-state index in [0.29, 0.717) is 6.04 Å². The molecule has 1 heterocycles. The molecule has 17 heavy (non-hydrogen) atoms. The maximum Gasteiger partial charge on any atom is 0.147 e. The third kappa shape index (κ3) is 2.99. The maximum absolute atomic E-state index is 13.8. The van der Waals surface area contributed by atoms with E-state index in [-0.39, 0.29) is 5.82 Å². The molecule has 0 bridgehead atoms. The summed E-state index contributed by atoms with van der Waals surface area (Å²) < 4.78 is 14.6. The monoisotopic (exact) mass is 300 g/mol. The van der Waals surface area contributed by atoms with Crippen LogP contribution in [0.2, 0.25) is 0 Å². The normalized spacial score (nSPS) is 17.8. The Morgan fingerprint density at radius 3 is 2.47 bits per heavy atom. The summed E-state index contributed by atoms with van der Waals surface area (Å²) in [6, 6.07) is 5.92. The van der Waals surface area contributed by atoms with Gasteiger partial charge in [0.25, 0.3) is 0 Å². The van der Waals surface area contributed by atoms with Gasteiger partial charge in [-0.3, -0.25) is 0 Å². The Morgan fingerprint density at radius 1 is 1.29 bits per heavy atom. The largest absolute Gasteiger partial charge is 0.369 e. The van der Waals surface area contributed by atoms with E-state index in [1.54, 1.807) is 0 Å². The van der Waals surface area contributed by atoms with E-state index >= 15 is 0 Å². The quantitative estimate of drug-likeness (QED) is 0.828. The average molecular weight is 301 g/mol. The molecule has 0 aliphatic carbocycles. The van der Waals surface area contributed by atoms with Gasteiger partial charge in [0.2, 0.25) is 0 Å². The van der Waals surface area contributed by atoms with E-state index in [0.717, 1.165) is 36.1 Å². The highest BCUT2D eigenvalue weighted by Crippen LogP contribution is 2.26. The van der Waals surface area contributed by atoms with Crippen LogP contribution in [0.5, 0.6) is 0 Å². The molecular formula is C13H18BrFN2. The number of benzene rings is 1. The lowest BCUT2D eigenvalue weighted by Gasteiger charge is -2.36. The Bertz CT molecular complexity index is 387. The molecule has 94 valence electrons. The summed E-state index contributed by atoms with van der Waals surface area (Å²) in [5, 5.41) is 0. The molecule has 0 aromatic heterocycles. The van der Waals surface area contributed by atoms with Crippen molar-refractivity contribution in [1.82, 2.24) is 4.90 Å². The Labute approximate surface area is 111 Å². The molecule has 1 aliphatic rings. The Morgan fingerprint density at radius 2 is 1.94 bits per heavy atom. The van der Waals surface area contributed by atoms with Crippen LogP contribution < -0.4 is 4.90 Å². The Hall–Kier alpha value is -0.610. The van der Waals surface area contributed by atoms with Crippen molar-refractivity contribution in [1.29, 1.82) is 0 Å². The van der Waals surface area contributed by atoms with Crippen LogP contribution in [0.4, 0.5) is 10.1 Å². The molecule has 1 aromatic carbocycles. The molecule has 2 nitrogen and oxygen atoms in total. The van der Waals surface area contributed by atoms with Crippen LogP contribution in [0.1, 0.15) is 12.8 Å². The lowest BCUT2D eigenvalue weighted by Crippen LogP contribution is -2.42. The van der Waals surface area contributed by atoms with Gasteiger partial charge in [-0.1, -0.05) is 15.9 Å². The van der Waals surface area contributed by atoms with E-state index in [4.69, 9.17) is 0 Å². The van der Waals surface area contributed by atoms with Crippen molar-refractivity contribution >= 4 is 21.6 Å². The van der Waals surface area contributed by atoms with Crippen molar-refractivity contribution in [3.05, 3.63) is 28.5 Å². The zero-order chi connectivity index (χ0) is 12.4. The Balaban J connectivity index is 2.05. The van der Waals surface area contributed by atoms with Gasteiger partial charge in [0.15, 0.2) is 0 Å². The van der Waals surface area contributed by atoms with Crippen LogP contribution in [0.15, 0.2) is 22.7 Å². The van der Waals surface area contributed by atoms with E-state index < -0.39 is 0 Å². The fourth-order valence-electron chi connectivity index (χ4n) is 2.36. The summed E-state index contributed by atoms with van der Waals surface area (Å²) in [6.07, 6.45) is 2.20. The van der Waals surface area contributed by atoms with Crippen molar-refractivity contribution in [2.24, 2.45) is 0 Å². The van der Waals surface area contributed by atoms with Gasteiger partial charge in [-0.05, 0) is 45.1 Å². The second-order valence-electron chi connectivity index (χ2n) is 4.78. The first-order valence-electron chi connectivity index (χ1n) is 5.94. The summed E-state index contributed by atoms with van der Waals surface area (Å²) in [6.45, 7) is 1.86. The molecule has 2 rings (SSSR count). The van der Waals surface area contributed by atoms with Crippen molar-refractivity contribution < 1.29 is 4.39 Å². The van der Waals surface area contributed by atoms with Gasteiger partial charge in [-0.25, -0.2) is 4.39 Å². The zero-order valence-electron chi connectivity index (χ0n) is 10.3. The number of nitrogens with zero attached hydrogens (tertiary/aromatic N) is 2. The second-order valence-corrected chi connectivity index (χ2v) is 5.69. The standard InChI is InChI=1S/C13H18BrFN2/c1-16(2)11-5-7-17(8-6-11)13-4-3-10(14)9-12(13)15/h3-4,9,11H,5-8H2,1-2H3. The van der Waals surface area contributed by atoms with Gasteiger partial charge in [0.05, 0.1) is 5.69 Å². The SMILES string of the molecule is CN(C)C1CCN(c2ccc(Br)cc2F)CC1. The molecule has 1 aliphatic heterocycles. The van der Waals surface area contributed by atoms with Gasteiger partial charge in [0, 0.05) is 23.6 Å². The maximum atomic E-state index is 13.8. The summed E-state index contributed by atoms with van der Waals surface area (Å²) >= 11 is 3.28. The predicted octanol–water partition coefficient (Wildman–Crippen LogP) is 3.12. The van der Waals surface area contributed by atoms with Gasteiger partial charge < -0.3 is 9.80 Å². The van der Waals surface area contributed by atoms with Gasteiger partial charge in [-0.2, -0.15) is 0 Å². The zero-order valence-corrected chi connectivity index (χ0v) is 11.9. The van der Waals surface area contributed by atoms with E-state index in [9.17, 15) is 4.39 Å². The number of rotatable bonds is 2. The molecule has 4 heteroatoms. The van der Waals surface area contributed by atoms with Gasteiger partial charge in [-0.15, -0.1) is 0 Å². The number of hydrogen-bond acceptors (Lipinski definition) is 2. The number of anilines is 1. The lowest BCUT2D eigenvalue weighted by molar-refractivity contribution is 0.249. The molecule has 0 atom stereocenters. The van der Waals surface area contributed by atoms with Crippen LogP contribution in [0, 0.1) is 5.82 Å². The minimum Gasteiger partial charge on any atom is -0.369 e. The van der Waals surface area contributed by atoms with E-state index in [2.05, 4.69) is 39.8 Å². The lowest BCUT2D eigenvalue weighted by atomic mass is 10.0. The first kappa shape index (κ1) is 12.8. The number of piperidine rings is 1. The molecule has 0 spiro atoms. The molecular weight excluding hydrogens is 283 g/mol. The number of hydrogen-bond donors (Lipinski definition) is 0. The molecule has 1 aromatic rings. The predicted molar refractivity (Wildman–Crippen MR) is 73.0 cm³/mol. The number of halogens is 2. The third-order valence-electron chi connectivity index (χ3n) is 3.45. The molecule has 0 amide bonds. The van der Waals surface area contributed by atoms with Crippen molar-refractivity contribution in [2.75, 3.05) is 32.1 Å². The van der Waals surface area contributed by atoms with Crippen LogP contribution in [0.25, 0.3) is 0 Å². The van der Waals surface area contributed by atoms with Gasteiger partial charge >= 0.3 is 0 Å². The fourth-order valence-corrected chi connectivity index (χ4v) is 2.69. The molecule has 0 radical (unpaired) electrons. The third-order valence-corrected chi connectivity index (χ3v) is 3.94. The summed E-state index contributed by atoms with van der Waals surface area (Å²) in [7, 11) is 4.22. The summed E-state index contributed by atoms with van der Waals surface area (Å²) in [4.78, 5) is 4.40. The van der Waals surface area contributed by atoms with E-state index in [1.807, 2.05) is 12.1 Å². The molecule has 0 unspecified atom stereocenters. The first-order valence-corrected chi connectivity index (χ1v) is 6.73. The minimum absolute atomic E-state index is 0.136. The van der Waals surface area contributed by atoms with Crippen LogP contribution >= 0.6 is 15.9 Å². The minimum atomic E-state index is -0.136. The summed E-state index contributed by atoms with van der Waals surface area (Å²) in [5.74, 6) is -0.136.